The van der Waals surface area contributed by atoms with Gasteiger partial charge in [-0.2, -0.15) is 0 Å². The number of rotatable bonds is 6. The predicted molar refractivity (Wildman–Crippen MR) is 246 cm³/mol. The van der Waals surface area contributed by atoms with Gasteiger partial charge >= 0.3 is 0 Å². The van der Waals surface area contributed by atoms with Crippen LogP contribution in [-0.4, -0.2) is 9.13 Å². The van der Waals surface area contributed by atoms with Crippen LogP contribution in [0.5, 0.6) is 0 Å². The van der Waals surface area contributed by atoms with Crippen molar-refractivity contribution in [1.29, 1.82) is 0 Å². The second-order valence-corrected chi connectivity index (χ2v) is 15.4. The lowest BCUT2D eigenvalue weighted by Gasteiger charge is -2.13. The smallest absolute Gasteiger partial charge is 0.0553 e. The standard InChI is InChI=1S/C56H36N2/c1-4-13-37(14-5-1)43-32-44(34-45(33-43)41-29-30-52-50(35-41)49-20-10-11-21-51(49)57(52)47-16-6-2-7-17-47)38-23-25-39(26-24-38)46-31-42-28-27-40-15-12-22-53-55(40)56(42)54(36-46)58(53)48-18-8-3-9-19-48/h1-36H. The monoisotopic (exact) mass is 736 g/mol. The van der Waals surface area contributed by atoms with Crippen LogP contribution in [-0.2, 0) is 0 Å². The maximum absolute atomic E-state index is 2.43. The molecule has 0 unspecified atom stereocenters. The molecule has 270 valence electrons. The first kappa shape index (κ1) is 32.6. The van der Waals surface area contributed by atoms with Gasteiger partial charge in [0.15, 0.2) is 0 Å². The van der Waals surface area contributed by atoms with E-state index in [0.29, 0.717) is 0 Å². The van der Waals surface area contributed by atoms with Gasteiger partial charge in [0.1, 0.15) is 0 Å². The van der Waals surface area contributed by atoms with Gasteiger partial charge in [-0.15, -0.1) is 0 Å². The number of para-hydroxylation sites is 3. The summed E-state index contributed by atoms with van der Waals surface area (Å²) in [6.45, 7) is 0. The second-order valence-electron chi connectivity index (χ2n) is 15.4. The van der Waals surface area contributed by atoms with Crippen LogP contribution in [0.3, 0.4) is 0 Å². The van der Waals surface area contributed by atoms with Gasteiger partial charge in [-0.25, -0.2) is 0 Å². The Kier molecular flexibility index (Phi) is 7.26. The van der Waals surface area contributed by atoms with Gasteiger partial charge < -0.3 is 9.13 Å². The van der Waals surface area contributed by atoms with Gasteiger partial charge in [-0.1, -0.05) is 140 Å². The Morgan fingerprint density at radius 3 is 1.40 bits per heavy atom. The Bertz CT molecular complexity index is 3460. The molecule has 0 aliphatic heterocycles. The zero-order valence-electron chi connectivity index (χ0n) is 31.7. The van der Waals surface area contributed by atoms with Crippen molar-refractivity contribution >= 4 is 54.4 Å². The third kappa shape index (κ3) is 5.12. The first-order valence-electron chi connectivity index (χ1n) is 20.0. The van der Waals surface area contributed by atoms with E-state index >= 15 is 0 Å². The highest BCUT2D eigenvalue weighted by atomic mass is 15.0. The van der Waals surface area contributed by atoms with Crippen molar-refractivity contribution in [3.63, 3.8) is 0 Å². The molecule has 2 aromatic heterocycles. The highest BCUT2D eigenvalue weighted by molar-refractivity contribution is 6.25. The van der Waals surface area contributed by atoms with Gasteiger partial charge in [0.05, 0.1) is 22.1 Å². The van der Waals surface area contributed by atoms with Crippen LogP contribution in [0.2, 0.25) is 0 Å². The summed E-state index contributed by atoms with van der Waals surface area (Å²) in [6.07, 6.45) is 0. The second kappa shape index (κ2) is 12.9. The van der Waals surface area contributed by atoms with Crippen molar-refractivity contribution in [2.45, 2.75) is 0 Å². The Hall–Kier alpha value is -7.68. The lowest BCUT2D eigenvalue weighted by molar-refractivity contribution is 1.18. The van der Waals surface area contributed by atoms with Crippen molar-refractivity contribution in [3.8, 4) is 55.9 Å². The van der Waals surface area contributed by atoms with Gasteiger partial charge in [0, 0.05) is 32.9 Å². The molecule has 0 saturated carbocycles. The molecule has 0 aliphatic carbocycles. The molecule has 2 nitrogen and oxygen atoms in total. The van der Waals surface area contributed by atoms with Crippen LogP contribution in [0, 0.1) is 0 Å². The molecule has 0 bridgehead atoms. The molecule has 0 radical (unpaired) electrons. The lowest BCUT2D eigenvalue weighted by Crippen LogP contribution is -1.93. The van der Waals surface area contributed by atoms with Crippen LogP contribution in [0.25, 0.3) is 110 Å². The van der Waals surface area contributed by atoms with Crippen LogP contribution in [0.4, 0.5) is 0 Å². The van der Waals surface area contributed by atoms with Crippen molar-refractivity contribution in [1.82, 2.24) is 9.13 Å². The van der Waals surface area contributed by atoms with E-state index in [2.05, 4.69) is 228 Å². The molecule has 2 heterocycles. The summed E-state index contributed by atoms with van der Waals surface area (Å²) >= 11 is 0. The van der Waals surface area contributed by atoms with Gasteiger partial charge in [-0.05, 0) is 134 Å². The third-order valence-corrected chi connectivity index (χ3v) is 12.0. The Morgan fingerprint density at radius 1 is 0.224 bits per heavy atom. The average molecular weight is 737 g/mol. The fraction of sp³-hybridized carbons (Fsp3) is 0. The van der Waals surface area contributed by atoms with Crippen molar-refractivity contribution < 1.29 is 0 Å². The highest BCUT2D eigenvalue weighted by Gasteiger charge is 2.19. The van der Waals surface area contributed by atoms with E-state index in [9.17, 15) is 0 Å². The molecule has 0 spiro atoms. The first-order chi connectivity index (χ1) is 28.7. The molecule has 0 aliphatic rings. The minimum atomic E-state index is 1.17. The van der Waals surface area contributed by atoms with Crippen molar-refractivity contribution in [2.75, 3.05) is 0 Å². The lowest BCUT2D eigenvalue weighted by atomic mass is 9.92. The fourth-order valence-corrected chi connectivity index (χ4v) is 9.34. The maximum Gasteiger partial charge on any atom is 0.0553 e. The molecule has 0 N–H and O–H groups in total. The summed E-state index contributed by atoms with van der Waals surface area (Å²) in [4.78, 5) is 0. The quantitative estimate of drug-likeness (QED) is 0.150. The van der Waals surface area contributed by atoms with E-state index in [4.69, 9.17) is 0 Å². The van der Waals surface area contributed by atoms with E-state index in [0.717, 1.165) is 0 Å². The fourth-order valence-electron chi connectivity index (χ4n) is 9.34. The largest absolute Gasteiger partial charge is 0.309 e. The Balaban J connectivity index is 0.988. The number of hydrogen-bond donors (Lipinski definition) is 0. The molecule has 0 atom stereocenters. The molecule has 0 fully saturated rings. The molecular formula is C56H36N2. The number of fused-ring (bicyclic) bond motifs is 3. The average Bonchev–Trinajstić information content (AvgIpc) is 3.82. The van der Waals surface area contributed by atoms with E-state index in [1.54, 1.807) is 0 Å². The minimum absolute atomic E-state index is 1.17. The molecule has 10 aromatic carbocycles. The molecule has 2 heteroatoms. The molecule has 12 aromatic rings. The number of benzene rings is 10. The minimum Gasteiger partial charge on any atom is -0.309 e. The Labute approximate surface area is 336 Å². The SMILES string of the molecule is c1ccc(-c2cc(-c3ccc(-c4cc5ccc6cccc7c6c5c(c4)n7-c4ccccc4)cc3)cc(-c3ccc4c(c3)c3ccccc3n4-c3ccccc3)c2)cc1. The summed E-state index contributed by atoms with van der Waals surface area (Å²) in [5.41, 5.74) is 16.8. The number of hydrogen-bond acceptors (Lipinski definition) is 0. The maximum atomic E-state index is 2.43. The topological polar surface area (TPSA) is 9.86 Å². The van der Waals surface area contributed by atoms with Crippen LogP contribution < -0.4 is 0 Å². The van der Waals surface area contributed by atoms with Gasteiger partial charge in [-0.3, -0.25) is 0 Å². The Morgan fingerprint density at radius 2 is 0.707 bits per heavy atom. The van der Waals surface area contributed by atoms with E-state index in [1.165, 1.54) is 110 Å². The summed E-state index contributed by atoms with van der Waals surface area (Å²) in [5.74, 6) is 0. The molecule has 0 saturated heterocycles. The zero-order valence-corrected chi connectivity index (χ0v) is 31.7. The zero-order chi connectivity index (χ0) is 38.2. The predicted octanol–water partition coefficient (Wildman–Crippen LogP) is 15.1. The summed E-state index contributed by atoms with van der Waals surface area (Å²) < 4.78 is 4.80. The highest BCUT2D eigenvalue weighted by Crippen LogP contribution is 2.42. The third-order valence-electron chi connectivity index (χ3n) is 12.0. The number of aromatic nitrogens is 2. The number of nitrogens with zero attached hydrogens (tertiary/aromatic N) is 2. The van der Waals surface area contributed by atoms with Gasteiger partial charge in [0.2, 0.25) is 0 Å². The van der Waals surface area contributed by atoms with E-state index in [1.807, 2.05) is 0 Å². The van der Waals surface area contributed by atoms with E-state index < -0.39 is 0 Å². The van der Waals surface area contributed by atoms with Crippen LogP contribution in [0.1, 0.15) is 0 Å². The molecular weight excluding hydrogens is 701 g/mol. The van der Waals surface area contributed by atoms with Crippen molar-refractivity contribution in [2.24, 2.45) is 0 Å². The summed E-state index contributed by atoms with van der Waals surface area (Å²) in [6, 6.07) is 80.0. The van der Waals surface area contributed by atoms with Crippen molar-refractivity contribution in [3.05, 3.63) is 218 Å². The normalized spacial score (nSPS) is 11.8. The molecule has 58 heavy (non-hydrogen) atoms. The molecule has 12 rings (SSSR count). The summed E-state index contributed by atoms with van der Waals surface area (Å²) in [7, 11) is 0. The van der Waals surface area contributed by atoms with Crippen LogP contribution >= 0.6 is 0 Å². The van der Waals surface area contributed by atoms with Gasteiger partial charge in [0.25, 0.3) is 0 Å². The first-order valence-corrected chi connectivity index (χ1v) is 20.0. The summed E-state index contributed by atoms with van der Waals surface area (Å²) in [5, 5.41) is 7.70. The van der Waals surface area contributed by atoms with E-state index in [-0.39, 0.29) is 0 Å². The molecule has 0 amide bonds. The van der Waals surface area contributed by atoms with Crippen LogP contribution in [0.15, 0.2) is 218 Å².